The summed E-state index contributed by atoms with van der Waals surface area (Å²) in [7, 11) is 0. The van der Waals surface area contributed by atoms with E-state index in [1.807, 2.05) is 31.2 Å². The lowest BCUT2D eigenvalue weighted by Gasteiger charge is -2.54. The summed E-state index contributed by atoms with van der Waals surface area (Å²) in [6.45, 7) is 9.80. The smallest absolute Gasteiger partial charge is 0.238 e. The summed E-state index contributed by atoms with van der Waals surface area (Å²) in [5, 5.41) is 0. The van der Waals surface area contributed by atoms with Crippen LogP contribution in [-0.4, -0.2) is 41.2 Å². The topological polar surface area (TPSA) is 81.9 Å². The standard InChI is InChI=1S/C25H36N2O4/c1-5-10-25(12-14-30-23(2,3)16-25)11-13-27-22(29)20(21(26)28)18-15-24(27,4)31-19-9-7-6-8-17(18)19/h6-9,18,20H,5,10-16H2,1-4H3,(H2,26,28). The monoisotopic (exact) mass is 428 g/mol. The van der Waals surface area contributed by atoms with Crippen LogP contribution in [0, 0.1) is 11.3 Å². The van der Waals surface area contributed by atoms with Crippen LogP contribution in [0.2, 0.25) is 0 Å². The number of nitrogens with two attached hydrogens (primary N) is 1. The van der Waals surface area contributed by atoms with Gasteiger partial charge in [0.1, 0.15) is 11.7 Å². The van der Waals surface area contributed by atoms with Gasteiger partial charge in [0.05, 0.1) is 5.60 Å². The Balaban J connectivity index is 1.63. The minimum Gasteiger partial charge on any atom is -0.468 e. The first-order valence-electron chi connectivity index (χ1n) is 11.6. The number of carbonyl (C=O) groups excluding carboxylic acids is 2. The zero-order valence-electron chi connectivity index (χ0n) is 19.3. The van der Waals surface area contributed by atoms with Crippen molar-refractivity contribution in [3.8, 4) is 5.75 Å². The molecule has 0 radical (unpaired) electrons. The lowest BCUT2D eigenvalue weighted by atomic mass is 9.68. The molecular formula is C25H36N2O4. The molecule has 0 spiro atoms. The van der Waals surface area contributed by atoms with E-state index in [2.05, 4.69) is 20.8 Å². The molecule has 170 valence electrons. The van der Waals surface area contributed by atoms with E-state index in [0.29, 0.717) is 13.0 Å². The SMILES string of the molecule is CCCC1(CCN2C(=O)C(C(N)=O)C3CC2(C)Oc2ccccc23)CCOC(C)(C)C1. The average Bonchev–Trinajstić information content (AvgIpc) is 2.66. The molecule has 2 bridgehead atoms. The third kappa shape index (κ3) is 3.95. The van der Waals surface area contributed by atoms with Crippen molar-refractivity contribution in [2.24, 2.45) is 17.1 Å². The Morgan fingerprint density at radius 1 is 1.23 bits per heavy atom. The van der Waals surface area contributed by atoms with Crippen molar-refractivity contribution in [1.82, 2.24) is 4.90 Å². The van der Waals surface area contributed by atoms with Gasteiger partial charge >= 0.3 is 0 Å². The van der Waals surface area contributed by atoms with Crippen molar-refractivity contribution in [3.63, 3.8) is 0 Å². The lowest BCUT2D eigenvalue weighted by Crippen LogP contribution is -2.65. The number of amides is 2. The fraction of sp³-hybridized carbons (Fsp3) is 0.680. The van der Waals surface area contributed by atoms with Gasteiger partial charge in [0.25, 0.3) is 0 Å². The first-order valence-corrected chi connectivity index (χ1v) is 11.6. The van der Waals surface area contributed by atoms with E-state index in [1.54, 1.807) is 4.90 Å². The minimum atomic E-state index is -0.841. The number of likely N-dealkylation sites (tertiary alicyclic amines) is 1. The summed E-state index contributed by atoms with van der Waals surface area (Å²) in [6, 6.07) is 7.71. The highest BCUT2D eigenvalue weighted by molar-refractivity contribution is 6.01. The van der Waals surface area contributed by atoms with E-state index < -0.39 is 17.6 Å². The van der Waals surface area contributed by atoms with Crippen LogP contribution >= 0.6 is 0 Å². The largest absolute Gasteiger partial charge is 0.468 e. The molecule has 1 aromatic rings. The molecule has 2 saturated heterocycles. The Labute approximate surface area is 185 Å². The van der Waals surface area contributed by atoms with Gasteiger partial charge in [-0.3, -0.25) is 9.59 Å². The third-order valence-corrected chi connectivity index (χ3v) is 7.63. The molecule has 3 heterocycles. The number of primary amides is 1. The van der Waals surface area contributed by atoms with Gasteiger partial charge in [-0.1, -0.05) is 31.5 Å². The molecular weight excluding hydrogens is 392 g/mol. The summed E-state index contributed by atoms with van der Waals surface area (Å²) in [6.07, 6.45) is 5.61. The first kappa shape index (κ1) is 22.1. The first-order chi connectivity index (χ1) is 14.6. The molecule has 6 nitrogen and oxygen atoms in total. The van der Waals surface area contributed by atoms with Crippen LogP contribution in [0.3, 0.4) is 0 Å². The Kier molecular flexibility index (Phi) is 5.57. The Morgan fingerprint density at radius 2 is 1.97 bits per heavy atom. The molecule has 3 aliphatic rings. The van der Waals surface area contributed by atoms with Crippen LogP contribution < -0.4 is 10.5 Å². The van der Waals surface area contributed by atoms with E-state index in [9.17, 15) is 9.59 Å². The van der Waals surface area contributed by atoms with Crippen LogP contribution in [0.1, 0.15) is 77.7 Å². The molecule has 6 heteroatoms. The second-order valence-corrected chi connectivity index (χ2v) is 10.5. The van der Waals surface area contributed by atoms with Crippen LogP contribution in [0.15, 0.2) is 24.3 Å². The summed E-state index contributed by atoms with van der Waals surface area (Å²) < 4.78 is 12.4. The second kappa shape index (κ2) is 7.80. The molecule has 2 amide bonds. The van der Waals surface area contributed by atoms with Gasteiger partial charge in [0, 0.05) is 25.5 Å². The highest BCUT2D eigenvalue weighted by atomic mass is 16.5. The molecule has 0 aromatic heterocycles. The molecule has 31 heavy (non-hydrogen) atoms. The number of hydrogen-bond acceptors (Lipinski definition) is 4. The number of nitrogens with zero attached hydrogens (tertiary/aromatic N) is 1. The van der Waals surface area contributed by atoms with Gasteiger partial charge in [0.15, 0.2) is 5.72 Å². The van der Waals surface area contributed by atoms with Crippen LogP contribution in [-0.2, 0) is 14.3 Å². The fourth-order valence-electron chi connectivity index (χ4n) is 6.40. The van der Waals surface area contributed by atoms with Crippen molar-refractivity contribution in [2.45, 2.75) is 83.5 Å². The fourth-order valence-corrected chi connectivity index (χ4v) is 6.40. The number of hydrogen-bond donors (Lipinski definition) is 1. The molecule has 4 rings (SSSR count). The number of piperidine rings is 1. The van der Waals surface area contributed by atoms with Crippen molar-refractivity contribution in [3.05, 3.63) is 29.8 Å². The highest BCUT2D eigenvalue weighted by Crippen LogP contribution is 2.51. The van der Waals surface area contributed by atoms with Crippen molar-refractivity contribution >= 4 is 11.8 Å². The van der Waals surface area contributed by atoms with Gasteiger partial charge in [-0.15, -0.1) is 0 Å². The maximum Gasteiger partial charge on any atom is 0.238 e. The van der Waals surface area contributed by atoms with Crippen molar-refractivity contribution in [2.75, 3.05) is 13.2 Å². The zero-order valence-corrected chi connectivity index (χ0v) is 19.3. The predicted octanol–water partition coefficient (Wildman–Crippen LogP) is 3.98. The predicted molar refractivity (Wildman–Crippen MR) is 118 cm³/mol. The molecule has 2 fully saturated rings. The van der Waals surface area contributed by atoms with E-state index >= 15 is 0 Å². The maximum absolute atomic E-state index is 13.6. The van der Waals surface area contributed by atoms with Gasteiger partial charge in [-0.25, -0.2) is 0 Å². The number of para-hydroxylation sites is 1. The Hall–Kier alpha value is -2.08. The molecule has 2 N–H and O–H groups in total. The average molecular weight is 429 g/mol. The maximum atomic E-state index is 13.6. The zero-order chi connectivity index (χ0) is 22.4. The molecule has 4 atom stereocenters. The number of ether oxygens (including phenoxy) is 2. The van der Waals surface area contributed by atoms with Gasteiger partial charge in [-0.2, -0.15) is 0 Å². The molecule has 0 saturated carbocycles. The van der Waals surface area contributed by atoms with Crippen LogP contribution in [0.25, 0.3) is 0 Å². The normalized spacial score (nSPS) is 34.1. The highest BCUT2D eigenvalue weighted by Gasteiger charge is 2.56. The summed E-state index contributed by atoms with van der Waals surface area (Å²) in [5.41, 5.74) is 5.86. The van der Waals surface area contributed by atoms with E-state index in [-0.39, 0.29) is 22.8 Å². The van der Waals surface area contributed by atoms with Crippen molar-refractivity contribution in [1.29, 1.82) is 0 Å². The summed E-state index contributed by atoms with van der Waals surface area (Å²) in [4.78, 5) is 27.8. The quantitative estimate of drug-likeness (QED) is 0.695. The molecule has 4 unspecified atom stereocenters. The number of benzene rings is 1. The van der Waals surface area contributed by atoms with Crippen LogP contribution in [0.4, 0.5) is 0 Å². The van der Waals surface area contributed by atoms with E-state index in [0.717, 1.165) is 50.0 Å². The number of rotatable bonds is 6. The van der Waals surface area contributed by atoms with Gasteiger partial charge in [0.2, 0.25) is 11.8 Å². The molecule has 3 aliphatic heterocycles. The van der Waals surface area contributed by atoms with Gasteiger partial charge < -0.3 is 20.1 Å². The van der Waals surface area contributed by atoms with E-state index in [1.165, 1.54) is 0 Å². The second-order valence-electron chi connectivity index (χ2n) is 10.5. The summed E-state index contributed by atoms with van der Waals surface area (Å²) in [5.74, 6) is -1.07. The molecule has 1 aromatic carbocycles. The lowest BCUT2D eigenvalue weighted by molar-refractivity contribution is -0.178. The minimum absolute atomic E-state index is 0.124. The molecule has 0 aliphatic carbocycles. The Bertz CT molecular complexity index is 865. The number of fused-ring (bicyclic) bond motifs is 4. The number of carbonyl (C=O) groups is 2. The van der Waals surface area contributed by atoms with Gasteiger partial charge in [-0.05, 0) is 63.5 Å². The van der Waals surface area contributed by atoms with E-state index in [4.69, 9.17) is 15.2 Å². The van der Waals surface area contributed by atoms with Crippen LogP contribution in [0.5, 0.6) is 5.75 Å². The van der Waals surface area contributed by atoms with Crippen molar-refractivity contribution < 1.29 is 19.1 Å². The third-order valence-electron chi connectivity index (χ3n) is 7.63. The summed E-state index contributed by atoms with van der Waals surface area (Å²) >= 11 is 0. The Morgan fingerprint density at radius 3 is 2.65 bits per heavy atom.